The number of piperazine rings is 1. The van der Waals surface area contributed by atoms with E-state index in [9.17, 15) is 13.2 Å². The number of quaternary nitrogens is 1. The van der Waals surface area contributed by atoms with Gasteiger partial charge in [0.1, 0.15) is 4.21 Å². The van der Waals surface area contributed by atoms with Crippen molar-refractivity contribution in [1.29, 1.82) is 0 Å². The second-order valence-electron chi connectivity index (χ2n) is 6.19. The molecule has 2 aromatic rings. The van der Waals surface area contributed by atoms with Crippen molar-refractivity contribution in [3.05, 3.63) is 46.8 Å². The summed E-state index contributed by atoms with van der Waals surface area (Å²) in [6.45, 7) is 3.83. The van der Waals surface area contributed by atoms with Crippen molar-refractivity contribution in [1.82, 2.24) is 4.31 Å². The molecule has 1 aromatic heterocycles. The zero-order valence-electron chi connectivity index (χ0n) is 14.3. The SMILES string of the molecule is C[C@@H](C(=O)Nc1ccccc1Cl)[NH+]1CCN(S(=O)(=O)c2cccs2)CC1. The van der Waals surface area contributed by atoms with E-state index in [4.69, 9.17) is 11.6 Å². The molecular weight excluding hydrogens is 394 g/mol. The van der Waals surface area contributed by atoms with E-state index in [-0.39, 0.29) is 11.9 Å². The molecule has 0 aliphatic carbocycles. The third-order valence-corrected chi connectivity index (χ3v) is 8.19. The lowest BCUT2D eigenvalue weighted by atomic mass is 10.2. The van der Waals surface area contributed by atoms with Crippen LogP contribution in [0.1, 0.15) is 6.92 Å². The van der Waals surface area contributed by atoms with Crippen molar-refractivity contribution in [2.45, 2.75) is 17.2 Å². The van der Waals surface area contributed by atoms with E-state index >= 15 is 0 Å². The fourth-order valence-corrected chi connectivity index (χ4v) is 5.74. The first kappa shape index (κ1) is 19.3. The van der Waals surface area contributed by atoms with Crippen molar-refractivity contribution in [3.63, 3.8) is 0 Å². The number of thiophene rings is 1. The predicted octanol–water partition coefficient (Wildman–Crippen LogP) is 1.32. The van der Waals surface area contributed by atoms with E-state index in [0.717, 1.165) is 4.90 Å². The van der Waals surface area contributed by atoms with Crippen LogP contribution in [0.4, 0.5) is 5.69 Å². The summed E-state index contributed by atoms with van der Waals surface area (Å²) in [5, 5.41) is 5.10. The minimum Gasteiger partial charge on any atom is -0.323 e. The van der Waals surface area contributed by atoms with Gasteiger partial charge in [0.05, 0.1) is 36.9 Å². The third-order valence-electron chi connectivity index (χ3n) is 4.59. The number of benzene rings is 1. The molecule has 1 atom stereocenters. The molecule has 1 fully saturated rings. The van der Waals surface area contributed by atoms with Crippen LogP contribution < -0.4 is 10.2 Å². The van der Waals surface area contributed by atoms with Crippen LogP contribution in [0, 0.1) is 0 Å². The van der Waals surface area contributed by atoms with Crippen molar-refractivity contribution < 1.29 is 18.1 Å². The summed E-state index contributed by atoms with van der Waals surface area (Å²) in [5.41, 5.74) is 0.587. The topological polar surface area (TPSA) is 70.9 Å². The Morgan fingerprint density at radius 2 is 1.92 bits per heavy atom. The van der Waals surface area contributed by atoms with Gasteiger partial charge in [0.25, 0.3) is 15.9 Å². The highest BCUT2D eigenvalue weighted by atomic mass is 35.5. The molecule has 26 heavy (non-hydrogen) atoms. The number of nitrogens with zero attached hydrogens (tertiary/aromatic N) is 1. The average molecular weight is 415 g/mol. The van der Waals surface area contributed by atoms with Crippen molar-refractivity contribution in [2.24, 2.45) is 0 Å². The number of sulfonamides is 1. The van der Waals surface area contributed by atoms with E-state index in [0.29, 0.717) is 41.1 Å². The summed E-state index contributed by atoms with van der Waals surface area (Å²) < 4.78 is 27.0. The minimum absolute atomic E-state index is 0.123. The largest absolute Gasteiger partial charge is 0.323 e. The Morgan fingerprint density at radius 3 is 2.54 bits per heavy atom. The minimum atomic E-state index is -3.42. The van der Waals surface area contributed by atoms with E-state index < -0.39 is 10.0 Å². The van der Waals surface area contributed by atoms with Crippen LogP contribution in [-0.4, -0.2) is 50.9 Å². The lowest BCUT2D eigenvalue weighted by Crippen LogP contribution is -3.19. The molecule has 0 bridgehead atoms. The molecule has 3 rings (SSSR count). The van der Waals surface area contributed by atoms with Crippen molar-refractivity contribution >= 4 is 44.6 Å². The summed E-state index contributed by atoms with van der Waals surface area (Å²) in [7, 11) is -3.42. The molecular formula is C17H21ClN3O3S2+. The average Bonchev–Trinajstić information content (AvgIpc) is 3.18. The molecule has 0 spiro atoms. The zero-order valence-corrected chi connectivity index (χ0v) is 16.7. The van der Waals surface area contributed by atoms with E-state index in [1.54, 1.807) is 35.7 Å². The Hall–Kier alpha value is -1.45. The number of rotatable bonds is 5. The van der Waals surface area contributed by atoms with Gasteiger partial charge in [-0.05, 0) is 30.5 Å². The van der Waals surface area contributed by atoms with Crippen LogP contribution >= 0.6 is 22.9 Å². The fraction of sp³-hybridized carbons (Fsp3) is 0.353. The van der Waals surface area contributed by atoms with E-state index in [2.05, 4.69) is 5.32 Å². The van der Waals surface area contributed by atoms with Gasteiger partial charge in [0.2, 0.25) is 0 Å². The van der Waals surface area contributed by atoms with Gasteiger partial charge in [0.15, 0.2) is 6.04 Å². The lowest BCUT2D eigenvalue weighted by molar-refractivity contribution is -0.917. The Balaban J connectivity index is 1.59. The highest BCUT2D eigenvalue weighted by Gasteiger charge is 2.34. The molecule has 1 aliphatic rings. The van der Waals surface area contributed by atoms with Gasteiger partial charge in [0, 0.05) is 0 Å². The Bertz CT molecular complexity index is 863. The molecule has 6 nitrogen and oxygen atoms in total. The first-order valence-electron chi connectivity index (χ1n) is 8.33. The molecule has 2 N–H and O–H groups in total. The van der Waals surface area contributed by atoms with Gasteiger partial charge in [-0.1, -0.05) is 29.8 Å². The van der Waals surface area contributed by atoms with Crippen molar-refractivity contribution in [2.75, 3.05) is 31.5 Å². The van der Waals surface area contributed by atoms with Crippen LogP contribution in [0.25, 0.3) is 0 Å². The number of anilines is 1. The van der Waals surface area contributed by atoms with Crippen LogP contribution in [-0.2, 0) is 14.8 Å². The fourth-order valence-electron chi connectivity index (χ4n) is 2.97. The van der Waals surface area contributed by atoms with E-state index in [1.165, 1.54) is 15.6 Å². The van der Waals surface area contributed by atoms with E-state index in [1.807, 2.05) is 13.0 Å². The molecule has 1 aliphatic heterocycles. The molecule has 9 heteroatoms. The molecule has 0 radical (unpaired) electrons. The number of nitrogens with one attached hydrogen (secondary N) is 2. The predicted molar refractivity (Wildman–Crippen MR) is 103 cm³/mol. The Morgan fingerprint density at radius 1 is 1.23 bits per heavy atom. The van der Waals surface area contributed by atoms with Crippen molar-refractivity contribution in [3.8, 4) is 0 Å². The molecule has 1 amide bonds. The smallest absolute Gasteiger partial charge is 0.282 e. The molecule has 1 aromatic carbocycles. The molecule has 140 valence electrons. The summed E-state index contributed by atoms with van der Waals surface area (Å²) in [6.07, 6.45) is 0. The number of halogens is 1. The second kappa shape index (κ2) is 8.06. The number of hydrogen-bond donors (Lipinski definition) is 2. The summed E-state index contributed by atoms with van der Waals surface area (Å²) >= 11 is 7.31. The lowest BCUT2D eigenvalue weighted by Gasteiger charge is -2.33. The number of amides is 1. The van der Waals surface area contributed by atoms with Gasteiger partial charge in [-0.2, -0.15) is 4.31 Å². The standard InChI is InChI=1S/C17H20ClN3O3S2/c1-13(17(22)19-15-6-3-2-5-14(15)18)20-8-10-21(11-9-20)26(23,24)16-7-4-12-25-16/h2-7,12-13H,8-11H2,1H3,(H,19,22)/p+1/t13-/m0/s1. The highest BCUT2D eigenvalue weighted by Crippen LogP contribution is 2.21. The van der Waals surface area contributed by atoms with Gasteiger partial charge in [-0.25, -0.2) is 8.42 Å². The first-order valence-corrected chi connectivity index (χ1v) is 11.0. The van der Waals surface area contributed by atoms with Crippen LogP contribution in [0.2, 0.25) is 5.02 Å². The van der Waals surface area contributed by atoms with Crippen LogP contribution in [0.15, 0.2) is 46.0 Å². The van der Waals surface area contributed by atoms with Gasteiger partial charge in [-0.3, -0.25) is 4.79 Å². The monoisotopic (exact) mass is 414 g/mol. The Kier molecular flexibility index (Phi) is 5.99. The van der Waals surface area contributed by atoms with Gasteiger partial charge in [-0.15, -0.1) is 11.3 Å². The third kappa shape index (κ3) is 4.10. The summed E-state index contributed by atoms with van der Waals surface area (Å²) in [4.78, 5) is 13.6. The second-order valence-corrected chi connectivity index (χ2v) is 9.70. The maximum absolute atomic E-state index is 12.6. The summed E-state index contributed by atoms with van der Waals surface area (Å²) in [5.74, 6) is -0.123. The first-order chi connectivity index (χ1) is 12.4. The normalized spacial score (nSPS) is 17.8. The van der Waals surface area contributed by atoms with Gasteiger partial charge >= 0.3 is 0 Å². The maximum atomic E-state index is 12.6. The quantitative estimate of drug-likeness (QED) is 0.775. The maximum Gasteiger partial charge on any atom is 0.282 e. The molecule has 0 saturated carbocycles. The number of carbonyl (C=O) groups is 1. The number of hydrogen-bond acceptors (Lipinski definition) is 4. The zero-order chi connectivity index (χ0) is 18.7. The molecule has 0 unspecified atom stereocenters. The van der Waals surface area contributed by atoms with Gasteiger partial charge < -0.3 is 10.2 Å². The van der Waals surface area contributed by atoms with Crippen LogP contribution in [0.5, 0.6) is 0 Å². The summed E-state index contributed by atoms with van der Waals surface area (Å²) in [6, 6.07) is 10.2. The Labute approximate surface area is 162 Å². The molecule has 1 saturated heterocycles. The number of carbonyl (C=O) groups excluding carboxylic acids is 1. The number of para-hydroxylation sites is 1. The molecule has 2 heterocycles. The van der Waals surface area contributed by atoms with Crippen LogP contribution in [0.3, 0.4) is 0 Å². The highest BCUT2D eigenvalue weighted by molar-refractivity contribution is 7.91.